The van der Waals surface area contributed by atoms with Crippen LogP contribution in [0.15, 0.2) is 60.7 Å². The molecule has 0 spiro atoms. The van der Waals surface area contributed by atoms with Crippen LogP contribution in [0.25, 0.3) is 11.3 Å². The van der Waals surface area contributed by atoms with Gasteiger partial charge in [0.2, 0.25) is 5.91 Å². The van der Waals surface area contributed by atoms with E-state index in [0.717, 1.165) is 42.1 Å². The van der Waals surface area contributed by atoms with Gasteiger partial charge in [-0.25, -0.2) is 0 Å². The molecule has 1 aliphatic rings. The normalized spacial score (nSPS) is 16.4. The summed E-state index contributed by atoms with van der Waals surface area (Å²) in [7, 11) is 0. The Bertz CT molecular complexity index is 1020. The summed E-state index contributed by atoms with van der Waals surface area (Å²) in [5.74, 6) is 1.27. The molecule has 1 aliphatic heterocycles. The van der Waals surface area contributed by atoms with E-state index in [9.17, 15) is 4.79 Å². The van der Waals surface area contributed by atoms with Gasteiger partial charge in [-0.2, -0.15) is 0 Å². The van der Waals surface area contributed by atoms with E-state index in [1.807, 2.05) is 48.5 Å². The fourth-order valence-corrected chi connectivity index (χ4v) is 3.99. The van der Waals surface area contributed by atoms with Crippen molar-refractivity contribution in [3.63, 3.8) is 0 Å². The number of amides is 1. The monoisotopic (exact) mass is 434 g/mol. The molecular weight excluding hydrogens is 408 g/mol. The zero-order chi connectivity index (χ0) is 21.8. The van der Waals surface area contributed by atoms with Crippen molar-refractivity contribution in [2.75, 3.05) is 23.3 Å². The third-order valence-corrected chi connectivity index (χ3v) is 6.00. The lowest BCUT2D eigenvalue weighted by Crippen LogP contribution is -2.41. The first-order valence-electron chi connectivity index (χ1n) is 10.7. The van der Waals surface area contributed by atoms with E-state index in [-0.39, 0.29) is 11.8 Å². The number of hydrogen-bond acceptors (Lipinski definition) is 4. The molecule has 1 unspecified atom stereocenters. The average molecular weight is 435 g/mol. The summed E-state index contributed by atoms with van der Waals surface area (Å²) in [4.78, 5) is 15.0. The van der Waals surface area contributed by atoms with Gasteiger partial charge in [0, 0.05) is 29.4 Å². The molecule has 1 amide bonds. The van der Waals surface area contributed by atoms with Crippen LogP contribution < -0.4 is 10.2 Å². The van der Waals surface area contributed by atoms with Crippen LogP contribution in [0.3, 0.4) is 0 Å². The average Bonchev–Trinajstić information content (AvgIpc) is 2.80. The number of anilines is 2. The molecule has 1 aromatic heterocycles. The number of aromatic nitrogens is 2. The van der Waals surface area contributed by atoms with Gasteiger partial charge in [-0.3, -0.25) is 4.79 Å². The molecule has 1 fully saturated rings. The van der Waals surface area contributed by atoms with Gasteiger partial charge in [0.05, 0.1) is 11.6 Å². The molecule has 0 bridgehead atoms. The first kappa shape index (κ1) is 21.3. The van der Waals surface area contributed by atoms with E-state index >= 15 is 0 Å². The maximum atomic E-state index is 12.8. The number of piperidine rings is 1. The van der Waals surface area contributed by atoms with E-state index < -0.39 is 0 Å². The van der Waals surface area contributed by atoms with E-state index in [1.165, 1.54) is 5.56 Å². The molecular formula is C25H27ClN4O. The molecule has 0 saturated carbocycles. The Morgan fingerprint density at radius 2 is 1.77 bits per heavy atom. The van der Waals surface area contributed by atoms with Crippen molar-refractivity contribution in [1.29, 1.82) is 0 Å². The van der Waals surface area contributed by atoms with Crippen molar-refractivity contribution >= 4 is 29.0 Å². The Kier molecular flexibility index (Phi) is 6.52. The lowest BCUT2D eigenvalue weighted by Gasteiger charge is -2.32. The Morgan fingerprint density at radius 3 is 2.42 bits per heavy atom. The lowest BCUT2D eigenvalue weighted by atomic mass is 9.96. The largest absolute Gasteiger partial charge is 0.354 e. The summed E-state index contributed by atoms with van der Waals surface area (Å²) in [6, 6.07) is 19.6. The van der Waals surface area contributed by atoms with Gasteiger partial charge in [0.15, 0.2) is 5.82 Å². The van der Waals surface area contributed by atoms with Crippen molar-refractivity contribution in [1.82, 2.24) is 10.2 Å². The summed E-state index contributed by atoms with van der Waals surface area (Å²) in [6.07, 6.45) is 1.83. The maximum absolute atomic E-state index is 12.8. The SMILES string of the molecule is CC(C)c1ccc(NC(=O)C2CCCN(c3ccc(-c4ccc(Cl)cc4)nn3)C2)cc1. The number of hydrogen-bond donors (Lipinski definition) is 1. The lowest BCUT2D eigenvalue weighted by molar-refractivity contribution is -0.120. The third kappa shape index (κ3) is 5.23. The molecule has 0 aliphatic carbocycles. The van der Waals surface area contributed by atoms with Crippen LogP contribution in [0.5, 0.6) is 0 Å². The summed E-state index contributed by atoms with van der Waals surface area (Å²) >= 11 is 5.96. The van der Waals surface area contributed by atoms with Crippen LogP contribution in [-0.2, 0) is 4.79 Å². The molecule has 31 heavy (non-hydrogen) atoms. The van der Waals surface area contributed by atoms with Gasteiger partial charge >= 0.3 is 0 Å². The van der Waals surface area contributed by atoms with Crippen molar-refractivity contribution < 1.29 is 4.79 Å². The molecule has 0 radical (unpaired) electrons. The van der Waals surface area contributed by atoms with Crippen LogP contribution >= 0.6 is 11.6 Å². The summed E-state index contributed by atoms with van der Waals surface area (Å²) in [5.41, 5.74) is 3.89. The highest BCUT2D eigenvalue weighted by atomic mass is 35.5. The molecule has 3 aromatic rings. The first-order chi connectivity index (χ1) is 15.0. The smallest absolute Gasteiger partial charge is 0.229 e. The topological polar surface area (TPSA) is 58.1 Å². The van der Waals surface area contributed by atoms with E-state index in [0.29, 0.717) is 17.5 Å². The zero-order valence-electron chi connectivity index (χ0n) is 17.9. The Labute approximate surface area is 188 Å². The predicted octanol–water partition coefficient (Wildman–Crippen LogP) is 5.78. The first-order valence-corrected chi connectivity index (χ1v) is 11.1. The fraction of sp³-hybridized carbons (Fsp3) is 0.320. The molecule has 160 valence electrons. The van der Waals surface area contributed by atoms with Crippen molar-refractivity contribution in [2.24, 2.45) is 5.92 Å². The second-order valence-corrected chi connectivity index (χ2v) is 8.77. The molecule has 2 heterocycles. The summed E-state index contributed by atoms with van der Waals surface area (Å²) < 4.78 is 0. The minimum Gasteiger partial charge on any atom is -0.354 e. The summed E-state index contributed by atoms with van der Waals surface area (Å²) in [5, 5.41) is 12.6. The van der Waals surface area contributed by atoms with E-state index in [2.05, 4.69) is 46.4 Å². The molecule has 1 atom stereocenters. The van der Waals surface area contributed by atoms with Gasteiger partial charge in [-0.15, -0.1) is 10.2 Å². The summed E-state index contributed by atoms with van der Waals surface area (Å²) in [6.45, 7) is 5.84. The predicted molar refractivity (Wildman–Crippen MR) is 127 cm³/mol. The molecule has 5 nitrogen and oxygen atoms in total. The Balaban J connectivity index is 1.39. The minimum absolute atomic E-state index is 0.0627. The molecule has 1 saturated heterocycles. The van der Waals surface area contributed by atoms with Crippen molar-refractivity contribution in [3.05, 3.63) is 71.2 Å². The molecule has 1 N–H and O–H groups in total. The van der Waals surface area contributed by atoms with Crippen LogP contribution in [0, 0.1) is 5.92 Å². The van der Waals surface area contributed by atoms with Gasteiger partial charge in [0.25, 0.3) is 0 Å². The van der Waals surface area contributed by atoms with Crippen LogP contribution in [0.2, 0.25) is 5.02 Å². The maximum Gasteiger partial charge on any atom is 0.229 e. The standard InChI is InChI=1S/C25H27ClN4O/c1-17(2)18-7-11-22(12-8-18)27-25(31)20-4-3-15-30(16-20)24-14-13-23(28-29-24)19-5-9-21(26)10-6-19/h5-14,17,20H,3-4,15-16H2,1-2H3,(H,27,31). The quantitative estimate of drug-likeness (QED) is 0.553. The second kappa shape index (κ2) is 9.48. The van der Waals surface area contributed by atoms with E-state index in [4.69, 9.17) is 11.6 Å². The number of carbonyl (C=O) groups excluding carboxylic acids is 1. The van der Waals surface area contributed by atoms with Crippen LogP contribution in [0.1, 0.15) is 38.2 Å². The zero-order valence-corrected chi connectivity index (χ0v) is 18.6. The number of rotatable bonds is 5. The highest BCUT2D eigenvalue weighted by Gasteiger charge is 2.27. The highest BCUT2D eigenvalue weighted by Crippen LogP contribution is 2.25. The van der Waals surface area contributed by atoms with Gasteiger partial charge in [-0.1, -0.05) is 49.7 Å². The van der Waals surface area contributed by atoms with Gasteiger partial charge in [0.1, 0.15) is 0 Å². The van der Waals surface area contributed by atoms with Crippen LogP contribution in [-0.4, -0.2) is 29.2 Å². The number of nitrogens with zero attached hydrogens (tertiary/aromatic N) is 3. The van der Waals surface area contributed by atoms with E-state index in [1.54, 1.807) is 0 Å². The Hall–Kier alpha value is -2.92. The molecule has 4 rings (SSSR count). The number of halogens is 1. The number of carbonyl (C=O) groups is 1. The fourth-order valence-electron chi connectivity index (χ4n) is 3.86. The molecule has 6 heteroatoms. The van der Waals surface area contributed by atoms with Gasteiger partial charge in [-0.05, 0) is 60.7 Å². The molecule has 2 aromatic carbocycles. The second-order valence-electron chi connectivity index (χ2n) is 8.33. The van der Waals surface area contributed by atoms with Crippen molar-refractivity contribution in [2.45, 2.75) is 32.6 Å². The van der Waals surface area contributed by atoms with Crippen molar-refractivity contribution in [3.8, 4) is 11.3 Å². The van der Waals surface area contributed by atoms with Gasteiger partial charge < -0.3 is 10.2 Å². The number of benzene rings is 2. The number of nitrogens with one attached hydrogen (secondary N) is 1. The Morgan fingerprint density at radius 1 is 1.03 bits per heavy atom. The minimum atomic E-state index is -0.0729. The highest BCUT2D eigenvalue weighted by molar-refractivity contribution is 6.30. The third-order valence-electron chi connectivity index (χ3n) is 5.75. The van der Waals surface area contributed by atoms with Crippen LogP contribution in [0.4, 0.5) is 11.5 Å².